The highest BCUT2D eigenvalue weighted by Gasteiger charge is 2.12. The Hall–Kier alpha value is -2.40. The zero-order valence-electron chi connectivity index (χ0n) is 11.4. The summed E-state index contributed by atoms with van der Waals surface area (Å²) in [5.41, 5.74) is 1.28. The number of carbonyl (C=O) groups is 2. The van der Waals surface area contributed by atoms with Gasteiger partial charge in [0, 0.05) is 24.0 Å². The molecule has 2 rings (SSSR count). The number of amides is 2. The second-order valence-electron chi connectivity index (χ2n) is 4.24. The van der Waals surface area contributed by atoms with Gasteiger partial charge in [-0.05, 0) is 37.3 Å². The molecule has 6 heteroatoms. The van der Waals surface area contributed by atoms with Crippen LogP contribution in [0.1, 0.15) is 27.6 Å². The molecule has 0 fully saturated rings. The lowest BCUT2D eigenvalue weighted by atomic mass is 10.1. The minimum atomic E-state index is -0.374. The van der Waals surface area contributed by atoms with Crippen molar-refractivity contribution >= 4 is 29.1 Å². The maximum atomic E-state index is 12.1. The third-order valence-corrected chi connectivity index (χ3v) is 3.02. The third kappa shape index (κ3) is 3.79. The van der Waals surface area contributed by atoms with E-state index in [4.69, 9.17) is 11.6 Å². The number of nitrogens with zero attached hydrogens (tertiary/aromatic N) is 1. The second-order valence-corrected chi connectivity index (χ2v) is 4.59. The van der Waals surface area contributed by atoms with Gasteiger partial charge in [-0.15, -0.1) is 0 Å². The summed E-state index contributed by atoms with van der Waals surface area (Å²) >= 11 is 5.87. The summed E-state index contributed by atoms with van der Waals surface area (Å²) in [6.07, 6.45) is 1.51. The van der Waals surface area contributed by atoms with Crippen LogP contribution >= 0.6 is 11.6 Å². The van der Waals surface area contributed by atoms with Crippen LogP contribution < -0.4 is 10.6 Å². The van der Waals surface area contributed by atoms with E-state index in [1.165, 1.54) is 6.20 Å². The van der Waals surface area contributed by atoms with E-state index in [9.17, 15) is 9.59 Å². The molecule has 2 amide bonds. The molecule has 0 radical (unpaired) electrons. The normalized spacial score (nSPS) is 10.0. The Morgan fingerprint density at radius 2 is 2.00 bits per heavy atom. The third-order valence-electron chi connectivity index (χ3n) is 2.72. The van der Waals surface area contributed by atoms with Gasteiger partial charge in [0.1, 0.15) is 5.15 Å². The highest BCUT2D eigenvalue weighted by atomic mass is 35.5. The van der Waals surface area contributed by atoms with Crippen LogP contribution in [0.4, 0.5) is 5.69 Å². The predicted octanol–water partition coefficient (Wildman–Crippen LogP) is 2.74. The smallest absolute Gasteiger partial charge is 0.258 e. The first-order valence-electron chi connectivity index (χ1n) is 6.42. The minimum Gasteiger partial charge on any atom is -0.352 e. The van der Waals surface area contributed by atoms with Crippen LogP contribution in [0.15, 0.2) is 42.6 Å². The van der Waals surface area contributed by atoms with E-state index in [1.54, 1.807) is 36.4 Å². The minimum absolute atomic E-state index is 0.134. The summed E-state index contributed by atoms with van der Waals surface area (Å²) in [5.74, 6) is -0.561. The Morgan fingerprint density at radius 1 is 1.19 bits per heavy atom. The average molecular weight is 304 g/mol. The van der Waals surface area contributed by atoms with Crippen molar-refractivity contribution < 1.29 is 9.59 Å². The average Bonchev–Trinajstić information content (AvgIpc) is 2.48. The molecule has 1 aromatic heterocycles. The number of hydrogen-bond acceptors (Lipinski definition) is 3. The summed E-state index contributed by atoms with van der Waals surface area (Å²) in [5, 5.41) is 5.53. The number of halogens is 1. The number of hydrogen-bond donors (Lipinski definition) is 2. The predicted molar refractivity (Wildman–Crippen MR) is 81.6 cm³/mol. The summed E-state index contributed by atoms with van der Waals surface area (Å²) < 4.78 is 0. The van der Waals surface area contributed by atoms with Gasteiger partial charge in [-0.25, -0.2) is 4.98 Å². The van der Waals surface area contributed by atoms with E-state index >= 15 is 0 Å². The Balaban J connectivity index is 2.17. The molecule has 0 aliphatic carbocycles. The number of anilines is 1. The van der Waals surface area contributed by atoms with Gasteiger partial charge in [-0.1, -0.05) is 17.7 Å². The first-order chi connectivity index (χ1) is 10.1. The number of nitrogens with one attached hydrogen (secondary N) is 2. The van der Waals surface area contributed by atoms with Gasteiger partial charge in [-0.2, -0.15) is 0 Å². The highest BCUT2D eigenvalue weighted by molar-refractivity contribution is 6.33. The van der Waals surface area contributed by atoms with E-state index in [-0.39, 0.29) is 22.5 Å². The fourth-order valence-electron chi connectivity index (χ4n) is 1.75. The number of aromatic nitrogens is 1. The molecule has 0 aliphatic rings. The van der Waals surface area contributed by atoms with Crippen molar-refractivity contribution in [3.63, 3.8) is 0 Å². The van der Waals surface area contributed by atoms with Gasteiger partial charge in [0.2, 0.25) is 0 Å². The summed E-state index contributed by atoms with van der Waals surface area (Å²) in [6, 6.07) is 9.89. The van der Waals surface area contributed by atoms with E-state index < -0.39 is 0 Å². The first-order valence-corrected chi connectivity index (χ1v) is 6.79. The summed E-state index contributed by atoms with van der Waals surface area (Å²) in [7, 11) is 0. The molecule has 108 valence electrons. The molecule has 0 bridgehead atoms. The van der Waals surface area contributed by atoms with Crippen molar-refractivity contribution in [2.24, 2.45) is 0 Å². The maximum absolute atomic E-state index is 12.1. The Kier molecular flexibility index (Phi) is 4.90. The lowest BCUT2D eigenvalue weighted by Gasteiger charge is -2.08. The van der Waals surface area contributed by atoms with E-state index in [0.29, 0.717) is 17.8 Å². The molecule has 0 spiro atoms. The van der Waals surface area contributed by atoms with Gasteiger partial charge in [0.15, 0.2) is 0 Å². The van der Waals surface area contributed by atoms with E-state index in [1.807, 2.05) is 6.92 Å². The maximum Gasteiger partial charge on any atom is 0.258 e. The SMILES string of the molecule is CCNC(=O)c1cccc(NC(=O)c2cccnc2Cl)c1. The summed E-state index contributed by atoms with van der Waals surface area (Å²) in [6.45, 7) is 2.38. The van der Waals surface area contributed by atoms with Crippen molar-refractivity contribution in [1.29, 1.82) is 0 Å². The monoisotopic (exact) mass is 303 g/mol. The van der Waals surface area contributed by atoms with Crippen molar-refractivity contribution in [3.8, 4) is 0 Å². The van der Waals surface area contributed by atoms with Crippen LogP contribution in [0.5, 0.6) is 0 Å². The molecule has 1 aromatic carbocycles. The molecule has 21 heavy (non-hydrogen) atoms. The molecular weight excluding hydrogens is 290 g/mol. The lowest BCUT2D eigenvalue weighted by Crippen LogP contribution is -2.22. The number of carbonyl (C=O) groups excluding carboxylic acids is 2. The van der Waals surface area contributed by atoms with Gasteiger partial charge >= 0.3 is 0 Å². The molecule has 0 saturated heterocycles. The second kappa shape index (κ2) is 6.85. The van der Waals surface area contributed by atoms with Crippen LogP contribution in [-0.2, 0) is 0 Å². The fourth-order valence-corrected chi connectivity index (χ4v) is 1.96. The van der Waals surface area contributed by atoms with Gasteiger partial charge in [-0.3, -0.25) is 9.59 Å². The molecule has 2 N–H and O–H groups in total. The largest absolute Gasteiger partial charge is 0.352 e. The Labute approximate surface area is 127 Å². The Bertz CT molecular complexity index is 673. The van der Waals surface area contributed by atoms with Crippen molar-refractivity contribution in [3.05, 3.63) is 58.9 Å². The van der Waals surface area contributed by atoms with Crippen molar-refractivity contribution in [1.82, 2.24) is 10.3 Å². The zero-order valence-corrected chi connectivity index (χ0v) is 12.1. The molecule has 0 atom stereocenters. The quantitative estimate of drug-likeness (QED) is 0.853. The zero-order chi connectivity index (χ0) is 15.2. The van der Waals surface area contributed by atoms with Crippen molar-refractivity contribution in [2.75, 3.05) is 11.9 Å². The number of rotatable bonds is 4. The molecule has 2 aromatic rings. The molecular formula is C15H14ClN3O2. The van der Waals surface area contributed by atoms with Crippen LogP contribution in [0, 0.1) is 0 Å². The summed E-state index contributed by atoms with van der Waals surface area (Å²) in [4.78, 5) is 27.7. The van der Waals surface area contributed by atoms with Crippen LogP contribution in [0.25, 0.3) is 0 Å². The highest BCUT2D eigenvalue weighted by Crippen LogP contribution is 2.16. The van der Waals surface area contributed by atoms with Gasteiger partial charge < -0.3 is 10.6 Å². The number of benzene rings is 1. The van der Waals surface area contributed by atoms with E-state index in [0.717, 1.165) is 0 Å². The lowest BCUT2D eigenvalue weighted by molar-refractivity contribution is 0.0954. The van der Waals surface area contributed by atoms with Crippen LogP contribution in [0.2, 0.25) is 5.15 Å². The number of pyridine rings is 1. The molecule has 5 nitrogen and oxygen atoms in total. The van der Waals surface area contributed by atoms with Crippen molar-refractivity contribution in [2.45, 2.75) is 6.92 Å². The topological polar surface area (TPSA) is 71.1 Å². The van der Waals surface area contributed by atoms with Gasteiger partial charge in [0.25, 0.3) is 11.8 Å². The van der Waals surface area contributed by atoms with Gasteiger partial charge in [0.05, 0.1) is 5.56 Å². The molecule has 0 saturated carbocycles. The Morgan fingerprint density at radius 3 is 2.71 bits per heavy atom. The molecule has 1 heterocycles. The first kappa shape index (κ1) is 15.0. The molecule has 0 aliphatic heterocycles. The standard InChI is InChI=1S/C15H14ClN3O2/c1-2-17-14(20)10-5-3-6-11(9-10)19-15(21)12-7-4-8-18-13(12)16/h3-9H,2H2,1H3,(H,17,20)(H,19,21). The van der Waals surface area contributed by atoms with E-state index in [2.05, 4.69) is 15.6 Å². The van der Waals surface area contributed by atoms with Crippen LogP contribution in [0.3, 0.4) is 0 Å². The fraction of sp³-hybridized carbons (Fsp3) is 0.133. The van der Waals surface area contributed by atoms with Crippen LogP contribution in [-0.4, -0.2) is 23.3 Å². The molecule has 0 unspecified atom stereocenters.